The molecule has 0 N–H and O–H groups in total. The summed E-state index contributed by atoms with van der Waals surface area (Å²) in [6.45, 7) is 0. The minimum absolute atomic E-state index is 0.182. The molecule has 0 unspecified atom stereocenters. The monoisotopic (exact) mass is 264 g/mol. The number of carbonyl (C=O) groups excluding carboxylic acids is 1. The third kappa shape index (κ3) is 2.09. The van der Waals surface area contributed by atoms with E-state index in [1.807, 2.05) is 0 Å². The fourth-order valence-electron chi connectivity index (χ4n) is 1.79. The van der Waals surface area contributed by atoms with Gasteiger partial charge in [-0.25, -0.2) is 9.18 Å². The summed E-state index contributed by atoms with van der Waals surface area (Å²) in [5, 5.41) is 0. The Morgan fingerprint density at radius 3 is 1.67 bits per heavy atom. The van der Waals surface area contributed by atoms with Crippen molar-refractivity contribution in [2.24, 2.45) is 0 Å². The molecule has 2 aromatic carbocycles. The highest BCUT2D eigenvalue weighted by Crippen LogP contribution is 2.35. The van der Waals surface area contributed by atoms with Crippen LogP contribution in [0.1, 0.15) is 11.1 Å². The number of hydrogen-bond acceptors (Lipinski definition) is 2. The van der Waals surface area contributed by atoms with Crippen LogP contribution in [0, 0.1) is 0 Å². The number of carbonyl (C=O) groups is 1. The van der Waals surface area contributed by atoms with Gasteiger partial charge in [-0.1, -0.05) is 60.7 Å². The Bertz CT molecular complexity index is 489. The van der Waals surface area contributed by atoms with Crippen LogP contribution >= 0.6 is 11.9 Å². The number of halogens is 2. The lowest BCUT2D eigenvalue weighted by molar-refractivity contribution is -0.145. The minimum atomic E-state index is -2.40. The number of alkyl halides is 1. The molecule has 92 valence electrons. The number of rotatable bonds is 3. The molecule has 0 aliphatic carbocycles. The molecular formula is C14H10ClFO2. The predicted molar refractivity (Wildman–Crippen MR) is 66.7 cm³/mol. The largest absolute Gasteiger partial charge is 0.371 e. The molecule has 0 aromatic heterocycles. The zero-order chi connectivity index (χ0) is 13.0. The highest BCUT2D eigenvalue weighted by molar-refractivity contribution is 6.14. The van der Waals surface area contributed by atoms with E-state index in [-0.39, 0.29) is 11.1 Å². The predicted octanol–water partition coefficient (Wildman–Crippen LogP) is 3.60. The second-order valence-corrected chi connectivity index (χ2v) is 3.91. The Balaban J connectivity index is 2.59. The van der Waals surface area contributed by atoms with Crippen LogP contribution in [0.5, 0.6) is 0 Å². The highest BCUT2D eigenvalue weighted by Gasteiger charge is 2.44. The first-order valence-electron chi connectivity index (χ1n) is 5.32. The molecule has 0 bridgehead atoms. The molecule has 0 heterocycles. The molecule has 0 saturated heterocycles. The van der Waals surface area contributed by atoms with Gasteiger partial charge in [-0.3, -0.25) is 0 Å². The Hall–Kier alpha value is -1.87. The lowest BCUT2D eigenvalue weighted by Gasteiger charge is -2.22. The smallest absolute Gasteiger partial charge is 0.344 e. The molecular weight excluding hydrogens is 255 g/mol. The van der Waals surface area contributed by atoms with Crippen LogP contribution in [0.15, 0.2) is 60.7 Å². The molecule has 0 amide bonds. The molecule has 2 nitrogen and oxygen atoms in total. The van der Waals surface area contributed by atoms with Crippen LogP contribution < -0.4 is 0 Å². The van der Waals surface area contributed by atoms with Gasteiger partial charge in [0.05, 0.1) is 0 Å². The fraction of sp³-hybridized carbons (Fsp3) is 0.0714. The van der Waals surface area contributed by atoms with Gasteiger partial charge in [0.1, 0.15) is 11.9 Å². The average Bonchev–Trinajstić information content (AvgIpc) is 2.47. The maximum absolute atomic E-state index is 15.1. The Morgan fingerprint density at radius 2 is 1.33 bits per heavy atom. The quantitative estimate of drug-likeness (QED) is 0.847. The summed E-state index contributed by atoms with van der Waals surface area (Å²) in [4.78, 5) is 11.7. The third-order valence-corrected chi connectivity index (χ3v) is 2.83. The molecule has 0 aliphatic heterocycles. The second-order valence-electron chi connectivity index (χ2n) is 3.76. The summed E-state index contributed by atoms with van der Waals surface area (Å²) >= 11 is 5.05. The molecule has 18 heavy (non-hydrogen) atoms. The van der Waals surface area contributed by atoms with Gasteiger partial charge in [0.2, 0.25) is 0 Å². The highest BCUT2D eigenvalue weighted by atomic mass is 35.5. The van der Waals surface area contributed by atoms with Gasteiger partial charge in [0.15, 0.2) is 0 Å². The molecule has 0 saturated carbocycles. The Kier molecular flexibility index (Phi) is 3.63. The summed E-state index contributed by atoms with van der Waals surface area (Å²) in [6.07, 6.45) is 0. The van der Waals surface area contributed by atoms with Gasteiger partial charge in [0.25, 0.3) is 5.67 Å². The zero-order valence-electron chi connectivity index (χ0n) is 9.35. The van der Waals surface area contributed by atoms with Crippen molar-refractivity contribution in [3.63, 3.8) is 0 Å². The van der Waals surface area contributed by atoms with Gasteiger partial charge in [0, 0.05) is 11.1 Å². The first-order valence-corrected chi connectivity index (χ1v) is 5.63. The van der Waals surface area contributed by atoms with Crippen molar-refractivity contribution >= 4 is 17.8 Å². The average molecular weight is 265 g/mol. The molecule has 0 spiro atoms. The van der Waals surface area contributed by atoms with E-state index in [4.69, 9.17) is 11.9 Å². The van der Waals surface area contributed by atoms with Crippen LogP contribution in [0.3, 0.4) is 0 Å². The summed E-state index contributed by atoms with van der Waals surface area (Å²) in [5.41, 5.74) is -2.03. The summed E-state index contributed by atoms with van der Waals surface area (Å²) in [7, 11) is 0. The van der Waals surface area contributed by atoms with E-state index >= 15 is 4.39 Å². The molecule has 0 aliphatic rings. The summed E-state index contributed by atoms with van der Waals surface area (Å²) in [6, 6.07) is 16.1. The topological polar surface area (TPSA) is 26.3 Å². The molecule has 0 radical (unpaired) electrons. The van der Waals surface area contributed by atoms with Crippen molar-refractivity contribution in [2.75, 3.05) is 0 Å². The van der Waals surface area contributed by atoms with Crippen molar-refractivity contribution in [3.8, 4) is 0 Å². The van der Waals surface area contributed by atoms with Crippen molar-refractivity contribution in [1.29, 1.82) is 0 Å². The van der Waals surface area contributed by atoms with Crippen LogP contribution in [0.25, 0.3) is 0 Å². The normalized spacial score (nSPS) is 11.0. The van der Waals surface area contributed by atoms with Crippen molar-refractivity contribution in [1.82, 2.24) is 0 Å². The van der Waals surface area contributed by atoms with Crippen molar-refractivity contribution < 1.29 is 13.5 Å². The van der Waals surface area contributed by atoms with E-state index in [1.165, 1.54) is 24.3 Å². The van der Waals surface area contributed by atoms with Gasteiger partial charge >= 0.3 is 5.97 Å². The zero-order valence-corrected chi connectivity index (χ0v) is 10.1. The van der Waals surface area contributed by atoms with Gasteiger partial charge in [-0.2, -0.15) is 0 Å². The van der Waals surface area contributed by atoms with Crippen molar-refractivity contribution in [3.05, 3.63) is 71.8 Å². The van der Waals surface area contributed by atoms with Crippen LogP contribution in [-0.2, 0) is 14.8 Å². The summed E-state index contributed by atoms with van der Waals surface area (Å²) in [5.74, 6) is -1.15. The lowest BCUT2D eigenvalue weighted by Crippen LogP contribution is -2.32. The molecule has 0 atom stereocenters. The second kappa shape index (κ2) is 5.19. The number of benzene rings is 2. The molecule has 4 heteroatoms. The van der Waals surface area contributed by atoms with Crippen molar-refractivity contribution in [2.45, 2.75) is 5.67 Å². The maximum atomic E-state index is 15.1. The van der Waals surface area contributed by atoms with E-state index in [1.54, 1.807) is 36.4 Å². The SMILES string of the molecule is O=C(OCl)C(F)(c1ccccc1)c1ccccc1. The fourth-order valence-corrected chi connectivity index (χ4v) is 1.90. The Morgan fingerprint density at radius 1 is 0.944 bits per heavy atom. The maximum Gasteiger partial charge on any atom is 0.371 e. The van der Waals surface area contributed by atoms with E-state index < -0.39 is 11.6 Å². The van der Waals surface area contributed by atoms with Gasteiger partial charge in [-0.05, 0) is 0 Å². The molecule has 0 fully saturated rings. The summed E-state index contributed by atoms with van der Waals surface area (Å²) < 4.78 is 19.2. The Labute approximate surface area is 109 Å². The minimum Gasteiger partial charge on any atom is -0.344 e. The van der Waals surface area contributed by atoms with E-state index in [0.29, 0.717) is 0 Å². The third-order valence-electron chi connectivity index (χ3n) is 2.69. The lowest BCUT2D eigenvalue weighted by atomic mass is 9.88. The van der Waals surface area contributed by atoms with Gasteiger partial charge < -0.3 is 4.29 Å². The molecule has 2 aromatic rings. The molecule has 2 rings (SSSR count). The number of hydrogen-bond donors (Lipinski definition) is 0. The van der Waals surface area contributed by atoms with Gasteiger partial charge in [-0.15, -0.1) is 0 Å². The van der Waals surface area contributed by atoms with E-state index in [0.717, 1.165) is 0 Å². The van der Waals surface area contributed by atoms with E-state index in [2.05, 4.69) is 4.29 Å². The van der Waals surface area contributed by atoms with Crippen LogP contribution in [0.4, 0.5) is 4.39 Å². The van der Waals surface area contributed by atoms with Crippen LogP contribution in [-0.4, -0.2) is 5.97 Å². The first kappa shape index (κ1) is 12.6. The first-order chi connectivity index (χ1) is 8.69. The van der Waals surface area contributed by atoms with E-state index in [9.17, 15) is 4.79 Å². The standard InChI is InChI=1S/C14H10ClFO2/c15-18-13(17)14(16,11-7-3-1-4-8-11)12-9-5-2-6-10-12/h1-10H. The van der Waals surface area contributed by atoms with Crippen LogP contribution in [0.2, 0.25) is 0 Å².